The Morgan fingerprint density at radius 3 is 2.56 bits per heavy atom. The number of pyridine rings is 1. The normalized spacial score (nSPS) is 17.6. The van der Waals surface area contributed by atoms with Gasteiger partial charge in [-0.05, 0) is 51.1 Å². The smallest absolute Gasteiger partial charge is 0.356 e. The van der Waals surface area contributed by atoms with E-state index in [0.29, 0.717) is 22.8 Å². The van der Waals surface area contributed by atoms with Crippen LogP contribution in [0.25, 0.3) is 21.8 Å². The van der Waals surface area contributed by atoms with E-state index < -0.39 is 11.9 Å². The fourth-order valence-electron chi connectivity index (χ4n) is 4.29. The zero-order chi connectivity index (χ0) is 19.2. The van der Waals surface area contributed by atoms with E-state index in [9.17, 15) is 18.0 Å². The van der Waals surface area contributed by atoms with E-state index >= 15 is 0 Å². The molecule has 144 valence electrons. The molecule has 1 unspecified atom stereocenters. The number of H-pyrrole nitrogens is 1. The number of benzene rings is 1. The molecule has 1 saturated heterocycles. The average Bonchev–Trinajstić information content (AvgIpc) is 2.95. The van der Waals surface area contributed by atoms with Crippen LogP contribution in [0.5, 0.6) is 0 Å². The van der Waals surface area contributed by atoms with Crippen molar-refractivity contribution in [3.8, 4) is 0 Å². The number of hydrogen-bond donors (Lipinski definition) is 1. The fourth-order valence-corrected chi connectivity index (χ4v) is 4.29. The van der Waals surface area contributed by atoms with Gasteiger partial charge < -0.3 is 14.5 Å². The van der Waals surface area contributed by atoms with Gasteiger partial charge in [0.05, 0.1) is 11.0 Å². The zero-order valence-electron chi connectivity index (χ0n) is 15.1. The molecule has 27 heavy (non-hydrogen) atoms. The summed E-state index contributed by atoms with van der Waals surface area (Å²) in [6.45, 7) is 4.52. The monoisotopic (exact) mass is 377 g/mol. The minimum absolute atomic E-state index is 0.120. The first-order valence-corrected chi connectivity index (χ1v) is 9.31. The van der Waals surface area contributed by atoms with E-state index in [1.807, 2.05) is 6.92 Å². The van der Waals surface area contributed by atoms with E-state index in [-0.39, 0.29) is 17.0 Å². The van der Waals surface area contributed by atoms with Crippen LogP contribution in [-0.4, -0.2) is 34.1 Å². The number of alkyl halides is 3. The van der Waals surface area contributed by atoms with Crippen LogP contribution in [-0.2, 0) is 6.18 Å². The molecule has 4 rings (SSSR count). The fraction of sp³-hybridized carbons (Fsp3) is 0.450. The van der Waals surface area contributed by atoms with Crippen LogP contribution in [0.1, 0.15) is 37.9 Å². The summed E-state index contributed by atoms with van der Waals surface area (Å²) in [4.78, 5) is 16.6. The van der Waals surface area contributed by atoms with Crippen molar-refractivity contribution in [2.24, 2.45) is 0 Å². The van der Waals surface area contributed by atoms with Crippen LogP contribution >= 0.6 is 0 Å². The number of likely N-dealkylation sites (tertiary alicyclic amines) is 1. The highest BCUT2D eigenvalue weighted by molar-refractivity contribution is 6.08. The highest BCUT2D eigenvalue weighted by Gasteiger charge is 2.36. The van der Waals surface area contributed by atoms with Crippen molar-refractivity contribution in [1.29, 1.82) is 0 Å². The number of nitrogens with one attached hydrogen (secondary N) is 1. The average molecular weight is 377 g/mol. The summed E-state index contributed by atoms with van der Waals surface area (Å²) in [5, 5.41) is 1.19. The largest absolute Gasteiger partial charge is 0.433 e. The van der Waals surface area contributed by atoms with Crippen molar-refractivity contribution in [2.75, 3.05) is 19.6 Å². The lowest BCUT2D eigenvalue weighted by Crippen LogP contribution is -2.34. The summed E-state index contributed by atoms with van der Waals surface area (Å²) < 4.78 is 42.8. The summed E-state index contributed by atoms with van der Waals surface area (Å²) >= 11 is 0. The Hall–Kier alpha value is -2.28. The molecule has 0 saturated carbocycles. The van der Waals surface area contributed by atoms with Crippen LogP contribution in [0.2, 0.25) is 0 Å². The van der Waals surface area contributed by atoms with Gasteiger partial charge >= 0.3 is 6.18 Å². The second-order valence-corrected chi connectivity index (χ2v) is 7.37. The van der Waals surface area contributed by atoms with E-state index in [2.05, 4.69) is 9.88 Å². The second-order valence-electron chi connectivity index (χ2n) is 7.37. The van der Waals surface area contributed by atoms with Gasteiger partial charge in [0.15, 0.2) is 5.43 Å². The Bertz CT molecular complexity index is 1030. The van der Waals surface area contributed by atoms with Crippen LogP contribution in [0.3, 0.4) is 0 Å². The lowest BCUT2D eigenvalue weighted by molar-refractivity contribution is -0.140. The first kappa shape index (κ1) is 18.1. The third-order valence-corrected chi connectivity index (χ3v) is 5.42. The molecule has 1 fully saturated rings. The Labute approximate surface area is 154 Å². The second kappa shape index (κ2) is 6.71. The summed E-state index contributed by atoms with van der Waals surface area (Å²) in [5.41, 5.74) is -0.286. The molecule has 3 aromatic rings. The summed E-state index contributed by atoms with van der Waals surface area (Å²) in [5.74, 6) is 0. The molecule has 0 bridgehead atoms. The molecule has 1 atom stereocenters. The van der Waals surface area contributed by atoms with E-state index in [1.54, 1.807) is 16.7 Å². The van der Waals surface area contributed by atoms with Crippen molar-refractivity contribution >= 4 is 21.8 Å². The standard InChI is InChI=1S/C20H22F3N3O/c1-13(12-25-9-3-2-4-10-25)26-17-11-14(27)5-6-15(17)16-7-8-24-19(18(16)26)20(21,22)23/h5-8,11,13,24H,2-4,9-10,12H2,1H3. The van der Waals surface area contributed by atoms with Crippen molar-refractivity contribution in [1.82, 2.24) is 14.5 Å². The van der Waals surface area contributed by atoms with E-state index in [4.69, 9.17) is 0 Å². The number of aromatic amines is 1. The molecule has 3 heterocycles. The number of rotatable bonds is 3. The van der Waals surface area contributed by atoms with Gasteiger partial charge in [0.1, 0.15) is 5.69 Å². The van der Waals surface area contributed by atoms with E-state index in [1.165, 1.54) is 24.8 Å². The van der Waals surface area contributed by atoms with Gasteiger partial charge in [0, 0.05) is 35.6 Å². The highest BCUT2D eigenvalue weighted by Crippen LogP contribution is 2.39. The maximum Gasteiger partial charge on any atom is 0.433 e. The molecule has 4 nitrogen and oxygen atoms in total. The molecule has 0 amide bonds. The van der Waals surface area contributed by atoms with Gasteiger partial charge in [-0.15, -0.1) is 0 Å². The predicted molar refractivity (Wildman–Crippen MR) is 100 cm³/mol. The molecule has 1 aromatic carbocycles. The number of fused-ring (bicyclic) bond motifs is 3. The van der Waals surface area contributed by atoms with Crippen LogP contribution in [0.15, 0.2) is 35.3 Å². The number of hydrogen-bond acceptors (Lipinski definition) is 2. The number of nitrogens with zero attached hydrogens (tertiary/aromatic N) is 2. The first-order chi connectivity index (χ1) is 12.9. The van der Waals surface area contributed by atoms with Gasteiger partial charge in [-0.3, -0.25) is 4.79 Å². The number of piperidine rings is 1. The Kier molecular flexibility index (Phi) is 4.50. The van der Waals surface area contributed by atoms with Gasteiger partial charge in [0.25, 0.3) is 0 Å². The SMILES string of the molecule is CC(CN1CCCCC1)n1c2cc(=O)ccc2c2cc[nH]c(C(F)(F)F)c21. The van der Waals surface area contributed by atoms with Crippen LogP contribution in [0.4, 0.5) is 13.2 Å². The lowest BCUT2D eigenvalue weighted by Gasteiger charge is -2.30. The summed E-state index contributed by atoms with van der Waals surface area (Å²) in [7, 11) is 0. The Morgan fingerprint density at radius 1 is 1.11 bits per heavy atom. The molecule has 2 aromatic heterocycles. The summed E-state index contributed by atoms with van der Waals surface area (Å²) in [6, 6.07) is 5.95. The zero-order valence-corrected chi connectivity index (χ0v) is 15.1. The number of aromatic nitrogens is 2. The third kappa shape index (κ3) is 3.25. The Balaban J connectivity index is 1.94. The molecule has 0 aliphatic carbocycles. The lowest BCUT2D eigenvalue weighted by atomic mass is 10.1. The first-order valence-electron chi connectivity index (χ1n) is 9.31. The minimum atomic E-state index is -4.50. The molecule has 0 spiro atoms. The van der Waals surface area contributed by atoms with Gasteiger partial charge in [-0.25, -0.2) is 0 Å². The van der Waals surface area contributed by atoms with Crippen LogP contribution in [0, 0.1) is 0 Å². The molecule has 1 N–H and O–H groups in total. The highest BCUT2D eigenvalue weighted by atomic mass is 19.4. The van der Waals surface area contributed by atoms with E-state index in [0.717, 1.165) is 25.9 Å². The topological polar surface area (TPSA) is 41.0 Å². The molecule has 7 heteroatoms. The Morgan fingerprint density at radius 2 is 1.85 bits per heavy atom. The van der Waals surface area contributed by atoms with Gasteiger partial charge in [-0.1, -0.05) is 6.42 Å². The molecule has 0 radical (unpaired) electrons. The molecular weight excluding hydrogens is 355 g/mol. The third-order valence-electron chi connectivity index (χ3n) is 5.42. The van der Waals surface area contributed by atoms with Crippen molar-refractivity contribution < 1.29 is 13.2 Å². The van der Waals surface area contributed by atoms with Gasteiger partial charge in [-0.2, -0.15) is 13.2 Å². The molecular formula is C20H22F3N3O. The summed E-state index contributed by atoms with van der Waals surface area (Å²) in [6.07, 6.45) is 0.247. The molecule has 1 aliphatic rings. The predicted octanol–water partition coefficient (Wildman–Crippen LogP) is 4.55. The van der Waals surface area contributed by atoms with Crippen LogP contribution < -0.4 is 5.43 Å². The molecule has 1 aliphatic heterocycles. The number of halogens is 3. The minimum Gasteiger partial charge on any atom is -0.356 e. The quantitative estimate of drug-likeness (QED) is 0.728. The van der Waals surface area contributed by atoms with Gasteiger partial charge in [0.2, 0.25) is 0 Å². The van der Waals surface area contributed by atoms with Crippen molar-refractivity contribution in [3.05, 3.63) is 46.4 Å². The van der Waals surface area contributed by atoms with Crippen molar-refractivity contribution in [2.45, 2.75) is 38.4 Å². The maximum absolute atomic E-state index is 13.7. The van der Waals surface area contributed by atoms with Crippen molar-refractivity contribution in [3.63, 3.8) is 0 Å². The maximum atomic E-state index is 13.7.